The smallest absolute Gasteiger partial charge is 0.138 e. The number of ether oxygens (including phenoxy) is 2. The molecule has 23 heavy (non-hydrogen) atoms. The minimum atomic E-state index is -0.503. The molecule has 2 aliphatic heterocycles. The van der Waals surface area contributed by atoms with Gasteiger partial charge in [0.2, 0.25) is 0 Å². The van der Waals surface area contributed by atoms with E-state index in [0.717, 1.165) is 38.2 Å². The van der Waals surface area contributed by atoms with Crippen molar-refractivity contribution in [3.8, 4) is 5.75 Å². The molecule has 2 saturated heterocycles. The predicted octanol–water partition coefficient (Wildman–Crippen LogP) is 3.27. The van der Waals surface area contributed by atoms with Crippen LogP contribution in [0.4, 0.5) is 0 Å². The molecule has 1 aromatic carbocycles. The van der Waals surface area contributed by atoms with Crippen LogP contribution >= 0.6 is 11.6 Å². The van der Waals surface area contributed by atoms with Gasteiger partial charge in [-0.1, -0.05) is 24.6 Å². The molecule has 128 valence electrons. The standard InChI is InChI=1S/C18H26ClNO3/c1-13(11-20-7-2-3-8-20)18(21)14-4-5-17(16(19)10-14)23-15-6-9-22-12-15/h4-5,10,13,15,18,21H,2-3,6-9,11-12H2,1H3/t13-,15?,18?/m1/s1. The zero-order valence-corrected chi connectivity index (χ0v) is 14.5. The molecular formula is C18H26ClNO3. The highest BCUT2D eigenvalue weighted by Crippen LogP contribution is 2.32. The number of aliphatic hydroxyl groups is 1. The zero-order chi connectivity index (χ0) is 16.2. The molecule has 3 rings (SSSR count). The van der Waals surface area contributed by atoms with E-state index in [2.05, 4.69) is 11.8 Å². The van der Waals surface area contributed by atoms with E-state index in [1.165, 1.54) is 12.8 Å². The number of halogens is 1. The van der Waals surface area contributed by atoms with Gasteiger partial charge in [-0.2, -0.15) is 0 Å². The number of benzene rings is 1. The van der Waals surface area contributed by atoms with Gasteiger partial charge in [-0.25, -0.2) is 0 Å². The molecule has 2 fully saturated rings. The van der Waals surface area contributed by atoms with Crippen molar-refractivity contribution in [3.63, 3.8) is 0 Å². The fourth-order valence-electron chi connectivity index (χ4n) is 3.38. The summed E-state index contributed by atoms with van der Waals surface area (Å²) < 4.78 is 11.2. The number of likely N-dealkylation sites (tertiary alicyclic amines) is 1. The van der Waals surface area contributed by atoms with Gasteiger partial charge in [-0.15, -0.1) is 0 Å². The van der Waals surface area contributed by atoms with E-state index in [-0.39, 0.29) is 12.0 Å². The lowest BCUT2D eigenvalue weighted by Crippen LogP contribution is -2.28. The highest BCUT2D eigenvalue weighted by atomic mass is 35.5. The summed E-state index contributed by atoms with van der Waals surface area (Å²) >= 11 is 6.34. The normalized spacial score (nSPS) is 24.7. The van der Waals surface area contributed by atoms with Gasteiger partial charge in [0.25, 0.3) is 0 Å². The topological polar surface area (TPSA) is 41.9 Å². The third-order valence-corrected chi connectivity index (χ3v) is 5.06. The van der Waals surface area contributed by atoms with E-state index in [4.69, 9.17) is 21.1 Å². The van der Waals surface area contributed by atoms with Crippen molar-refractivity contribution in [2.24, 2.45) is 5.92 Å². The molecular weight excluding hydrogens is 314 g/mol. The number of hydrogen-bond donors (Lipinski definition) is 1. The van der Waals surface area contributed by atoms with Crippen LogP contribution in [-0.4, -0.2) is 49.0 Å². The van der Waals surface area contributed by atoms with Crippen molar-refractivity contribution in [1.82, 2.24) is 4.90 Å². The number of aliphatic hydroxyl groups excluding tert-OH is 1. The number of hydrogen-bond acceptors (Lipinski definition) is 4. The lowest BCUT2D eigenvalue weighted by Gasteiger charge is -2.25. The summed E-state index contributed by atoms with van der Waals surface area (Å²) in [4.78, 5) is 2.42. The van der Waals surface area contributed by atoms with Crippen molar-refractivity contribution in [2.75, 3.05) is 32.8 Å². The summed E-state index contributed by atoms with van der Waals surface area (Å²) in [5.74, 6) is 0.851. The van der Waals surface area contributed by atoms with Crippen LogP contribution in [0.1, 0.15) is 37.9 Å². The van der Waals surface area contributed by atoms with Crippen LogP contribution in [-0.2, 0) is 4.74 Å². The highest BCUT2D eigenvalue weighted by molar-refractivity contribution is 6.32. The van der Waals surface area contributed by atoms with Gasteiger partial charge >= 0.3 is 0 Å². The van der Waals surface area contributed by atoms with Gasteiger partial charge in [0.15, 0.2) is 0 Å². The minimum Gasteiger partial charge on any atom is -0.486 e. The molecule has 0 spiro atoms. The van der Waals surface area contributed by atoms with Gasteiger partial charge < -0.3 is 19.5 Å². The van der Waals surface area contributed by atoms with Crippen molar-refractivity contribution < 1.29 is 14.6 Å². The molecule has 2 unspecified atom stereocenters. The predicted molar refractivity (Wildman–Crippen MR) is 91.1 cm³/mol. The van der Waals surface area contributed by atoms with Crippen LogP contribution in [0.5, 0.6) is 5.75 Å². The van der Waals surface area contributed by atoms with Crippen molar-refractivity contribution >= 4 is 11.6 Å². The Hall–Kier alpha value is -0.810. The first kappa shape index (κ1) is 17.0. The Balaban J connectivity index is 1.61. The number of rotatable bonds is 6. The van der Waals surface area contributed by atoms with Crippen LogP contribution in [0.3, 0.4) is 0 Å². The summed E-state index contributed by atoms with van der Waals surface area (Å²) in [6.45, 7) is 6.68. The van der Waals surface area contributed by atoms with Crippen LogP contribution in [0.15, 0.2) is 18.2 Å². The summed E-state index contributed by atoms with van der Waals surface area (Å²) in [7, 11) is 0. The highest BCUT2D eigenvalue weighted by Gasteiger charge is 2.23. The molecule has 1 N–H and O–H groups in total. The molecule has 0 bridgehead atoms. The van der Waals surface area contributed by atoms with Crippen LogP contribution in [0.25, 0.3) is 0 Å². The van der Waals surface area contributed by atoms with E-state index < -0.39 is 6.10 Å². The van der Waals surface area contributed by atoms with Gasteiger partial charge in [0, 0.05) is 13.0 Å². The molecule has 0 radical (unpaired) electrons. The largest absolute Gasteiger partial charge is 0.486 e. The van der Waals surface area contributed by atoms with Crippen LogP contribution in [0.2, 0.25) is 5.02 Å². The Morgan fingerprint density at radius 2 is 2.17 bits per heavy atom. The summed E-state index contributed by atoms with van der Waals surface area (Å²) in [5, 5.41) is 11.2. The van der Waals surface area contributed by atoms with E-state index in [1.54, 1.807) is 0 Å². The maximum Gasteiger partial charge on any atom is 0.138 e. The molecule has 2 aliphatic rings. The first-order valence-corrected chi connectivity index (χ1v) is 8.95. The first-order chi connectivity index (χ1) is 11.1. The Morgan fingerprint density at radius 3 is 2.83 bits per heavy atom. The molecule has 0 aliphatic carbocycles. The SMILES string of the molecule is C[C@H](CN1CCCC1)C(O)c1ccc(OC2CCOC2)c(Cl)c1. The minimum absolute atomic E-state index is 0.0809. The fraction of sp³-hybridized carbons (Fsp3) is 0.667. The second-order valence-corrected chi connectivity index (χ2v) is 7.13. The molecule has 2 heterocycles. The third kappa shape index (κ3) is 4.38. The lowest BCUT2D eigenvalue weighted by molar-refractivity contribution is 0.0944. The second-order valence-electron chi connectivity index (χ2n) is 6.72. The number of nitrogens with zero attached hydrogens (tertiary/aromatic N) is 1. The van der Waals surface area contributed by atoms with Crippen LogP contribution < -0.4 is 4.74 Å². The molecule has 3 atom stereocenters. The Labute approximate surface area is 143 Å². The molecule has 4 nitrogen and oxygen atoms in total. The Bertz CT molecular complexity index is 513. The quantitative estimate of drug-likeness (QED) is 0.863. The Kier molecular flexibility index (Phi) is 5.81. The van der Waals surface area contributed by atoms with E-state index >= 15 is 0 Å². The van der Waals surface area contributed by atoms with Gasteiger partial charge in [0.1, 0.15) is 11.9 Å². The van der Waals surface area contributed by atoms with Gasteiger partial charge in [0.05, 0.1) is 24.3 Å². The molecule has 1 aromatic rings. The zero-order valence-electron chi connectivity index (χ0n) is 13.7. The van der Waals surface area contributed by atoms with Crippen LogP contribution in [0, 0.1) is 5.92 Å². The van der Waals surface area contributed by atoms with Crippen molar-refractivity contribution in [3.05, 3.63) is 28.8 Å². The maximum atomic E-state index is 10.6. The monoisotopic (exact) mass is 339 g/mol. The molecule has 0 amide bonds. The third-order valence-electron chi connectivity index (χ3n) is 4.76. The van der Waals surface area contributed by atoms with Gasteiger partial charge in [-0.3, -0.25) is 0 Å². The van der Waals surface area contributed by atoms with E-state index in [0.29, 0.717) is 17.4 Å². The summed E-state index contributed by atoms with van der Waals surface area (Å²) in [5.41, 5.74) is 0.858. The summed E-state index contributed by atoms with van der Waals surface area (Å²) in [6.07, 6.45) is 3.01. The van der Waals surface area contributed by atoms with E-state index in [1.807, 2.05) is 18.2 Å². The summed E-state index contributed by atoms with van der Waals surface area (Å²) in [6, 6.07) is 5.61. The average Bonchev–Trinajstić information content (AvgIpc) is 3.22. The Morgan fingerprint density at radius 1 is 1.39 bits per heavy atom. The second kappa shape index (κ2) is 7.84. The molecule has 0 saturated carbocycles. The fourth-order valence-corrected chi connectivity index (χ4v) is 3.62. The molecule has 5 heteroatoms. The van der Waals surface area contributed by atoms with Crippen molar-refractivity contribution in [1.29, 1.82) is 0 Å². The average molecular weight is 340 g/mol. The van der Waals surface area contributed by atoms with E-state index in [9.17, 15) is 5.11 Å². The van der Waals surface area contributed by atoms with Gasteiger partial charge in [-0.05, 0) is 49.5 Å². The maximum absolute atomic E-state index is 10.6. The lowest BCUT2D eigenvalue weighted by atomic mass is 9.97. The van der Waals surface area contributed by atoms with Crippen molar-refractivity contribution in [2.45, 2.75) is 38.4 Å². The molecule has 0 aromatic heterocycles. The first-order valence-electron chi connectivity index (χ1n) is 8.58.